The Morgan fingerprint density at radius 2 is 0.824 bits per heavy atom. The molecule has 8 atom stereocenters. The topological polar surface area (TPSA) is 210 Å². The van der Waals surface area contributed by atoms with Crippen LogP contribution in [0.1, 0.15) is 226 Å². The number of allylic oxidation sites excluding steroid dienone is 8. The summed E-state index contributed by atoms with van der Waals surface area (Å²) in [6.45, 7) is 3.24. The van der Waals surface area contributed by atoms with Gasteiger partial charge in [-0.2, -0.15) is 0 Å². The van der Waals surface area contributed by atoms with Gasteiger partial charge in [0.1, 0.15) is 43.2 Å². The highest BCUT2D eigenvalue weighted by atomic mass is 31.2. The summed E-state index contributed by atoms with van der Waals surface area (Å²) < 4.78 is 33.6. The molecule has 0 saturated heterocycles. The molecule has 1 aliphatic carbocycles. The van der Waals surface area contributed by atoms with Crippen LogP contribution in [0, 0.1) is 0 Å². The Hall–Kier alpha value is -2.19. The number of phosphoric ester groups is 1. The number of aliphatic hydroxyl groups excluding tert-OH is 5. The van der Waals surface area contributed by atoms with Gasteiger partial charge in [0.25, 0.3) is 0 Å². The summed E-state index contributed by atoms with van der Waals surface area (Å²) in [6, 6.07) is 0. The van der Waals surface area contributed by atoms with E-state index in [1.807, 2.05) is 0 Å². The molecule has 1 rings (SSSR count). The second kappa shape index (κ2) is 43.6. The van der Waals surface area contributed by atoms with Gasteiger partial charge in [-0.1, -0.05) is 210 Å². The van der Waals surface area contributed by atoms with Crippen LogP contribution >= 0.6 is 7.82 Å². The summed E-state index contributed by atoms with van der Waals surface area (Å²) >= 11 is 0. The summed E-state index contributed by atoms with van der Waals surface area (Å²) in [7, 11) is -5.13. The lowest BCUT2D eigenvalue weighted by Gasteiger charge is -2.41. The summed E-state index contributed by atoms with van der Waals surface area (Å²) in [4.78, 5) is 35.9. The Morgan fingerprint density at radius 1 is 0.456 bits per heavy atom. The van der Waals surface area contributed by atoms with E-state index < -0.39 is 75.7 Å². The van der Waals surface area contributed by atoms with Crippen molar-refractivity contribution in [2.75, 3.05) is 13.2 Å². The van der Waals surface area contributed by atoms with Crippen molar-refractivity contribution in [2.45, 2.75) is 268 Å². The quantitative estimate of drug-likeness (QED) is 0.0145. The van der Waals surface area contributed by atoms with Crippen LogP contribution in [0.3, 0.4) is 0 Å². The number of rotatable bonds is 45. The third-order valence-electron chi connectivity index (χ3n) is 12.4. The smallest absolute Gasteiger partial charge is 0.462 e. The molecular weight excluding hydrogens is 888 g/mol. The predicted molar refractivity (Wildman–Crippen MR) is 272 cm³/mol. The van der Waals surface area contributed by atoms with E-state index >= 15 is 0 Å². The van der Waals surface area contributed by atoms with Crippen LogP contribution in [-0.2, 0) is 32.7 Å². The van der Waals surface area contributed by atoms with Gasteiger partial charge >= 0.3 is 19.8 Å². The monoisotopic (exact) mass is 985 g/mol. The standard InChI is InChI=1S/C54H97O13P/c1-3-5-7-9-11-13-15-17-19-21-22-23-24-25-27-29-31-33-35-37-39-41-43-48(56)66-46(45-65-68(62,63)67-54-52(60)50(58)49(57)51(59)53(54)61)44-64-47(55)42-40-38-36-34-32-30-28-26-20-18-16-14-12-10-8-6-4-2/h8,10,14,16,20,26,30,32,46,49-54,57-61H,3-7,9,11-13,15,17-19,21-25,27-29,31,33-45H2,1-2H3,(H,62,63)/b10-8+,16-14+,26-20+,32-30+/t46-,49?,50+,51?,52?,53?,54?/m1/s1. The van der Waals surface area contributed by atoms with Gasteiger partial charge in [0.15, 0.2) is 6.10 Å². The van der Waals surface area contributed by atoms with Crippen LogP contribution in [0.4, 0.5) is 0 Å². The van der Waals surface area contributed by atoms with Gasteiger partial charge in [-0.25, -0.2) is 4.57 Å². The van der Waals surface area contributed by atoms with Crippen molar-refractivity contribution < 1.29 is 63.1 Å². The van der Waals surface area contributed by atoms with Crippen molar-refractivity contribution in [1.82, 2.24) is 0 Å². The molecule has 0 heterocycles. The fraction of sp³-hybridized carbons (Fsp3) is 0.815. The van der Waals surface area contributed by atoms with Gasteiger partial charge < -0.3 is 39.9 Å². The second-order valence-corrected chi connectivity index (χ2v) is 20.1. The Morgan fingerprint density at radius 3 is 1.26 bits per heavy atom. The van der Waals surface area contributed by atoms with Crippen molar-refractivity contribution in [3.05, 3.63) is 48.6 Å². The minimum absolute atomic E-state index is 0.0920. The number of hydrogen-bond acceptors (Lipinski definition) is 12. The summed E-state index contributed by atoms with van der Waals surface area (Å²) in [5.41, 5.74) is 0. The number of esters is 2. The van der Waals surface area contributed by atoms with Gasteiger partial charge in [-0.05, 0) is 51.4 Å². The molecule has 68 heavy (non-hydrogen) atoms. The largest absolute Gasteiger partial charge is 0.472 e. The molecule has 0 aromatic heterocycles. The van der Waals surface area contributed by atoms with E-state index in [1.165, 1.54) is 116 Å². The van der Waals surface area contributed by atoms with Crippen LogP contribution < -0.4 is 0 Å². The lowest BCUT2D eigenvalue weighted by atomic mass is 9.85. The lowest BCUT2D eigenvalue weighted by molar-refractivity contribution is -0.220. The van der Waals surface area contributed by atoms with Crippen LogP contribution in [0.2, 0.25) is 0 Å². The zero-order valence-corrected chi connectivity index (χ0v) is 43.3. The minimum atomic E-state index is -5.13. The highest BCUT2D eigenvalue weighted by Crippen LogP contribution is 2.47. The molecule has 1 aliphatic rings. The maximum absolute atomic E-state index is 12.9. The van der Waals surface area contributed by atoms with Gasteiger partial charge in [-0.15, -0.1) is 0 Å². The SMILES string of the molecule is CCC/C=C/C/C=C/C/C=C/C/C=C/CCCCCC(=O)OC[C@H](COP(=O)(O)OC1C(O)C(O)C(O)[C@H](O)C1O)OC(=O)CCCCCCCCCCCCCCCCCCCCCCCC. The third-order valence-corrected chi connectivity index (χ3v) is 13.4. The Bertz CT molecular complexity index is 1370. The highest BCUT2D eigenvalue weighted by Gasteiger charge is 2.51. The molecule has 0 aromatic carbocycles. The third kappa shape index (κ3) is 35.0. The fourth-order valence-corrected chi connectivity index (χ4v) is 9.08. The number of hydrogen-bond donors (Lipinski definition) is 6. The first kappa shape index (κ1) is 63.8. The molecule has 0 aliphatic heterocycles. The molecule has 0 spiro atoms. The molecule has 0 bridgehead atoms. The maximum atomic E-state index is 12.9. The molecule has 0 aromatic rings. The number of ether oxygens (including phenoxy) is 2. The molecule has 6 N–H and O–H groups in total. The molecule has 0 radical (unpaired) electrons. The zero-order valence-electron chi connectivity index (χ0n) is 42.4. The Kier molecular flexibility index (Phi) is 40.9. The van der Waals surface area contributed by atoms with Crippen LogP contribution in [0.5, 0.6) is 0 Å². The number of carbonyl (C=O) groups excluding carboxylic acids is 2. The molecule has 14 heteroatoms. The zero-order chi connectivity index (χ0) is 49.9. The molecular formula is C54H97O13P. The maximum Gasteiger partial charge on any atom is 0.472 e. The van der Waals surface area contributed by atoms with Crippen molar-refractivity contribution in [2.24, 2.45) is 0 Å². The molecule has 13 nitrogen and oxygen atoms in total. The van der Waals surface area contributed by atoms with Crippen LogP contribution in [0.15, 0.2) is 48.6 Å². The number of phosphoric acid groups is 1. The Balaban J connectivity index is 2.38. The van der Waals surface area contributed by atoms with E-state index in [4.69, 9.17) is 18.5 Å². The van der Waals surface area contributed by atoms with E-state index in [0.717, 1.165) is 70.6 Å². The van der Waals surface area contributed by atoms with Gasteiger partial charge in [0, 0.05) is 12.8 Å². The Labute approximate surface area is 411 Å². The number of aliphatic hydroxyl groups is 5. The summed E-state index contributed by atoms with van der Waals surface area (Å²) in [5.74, 6) is -1.13. The molecule has 6 unspecified atom stereocenters. The second-order valence-electron chi connectivity index (χ2n) is 18.7. The lowest BCUT2D eigenvalue weighted by Crippen LogP contribution is -2.64. The van der Waals surface area contributed by atoms with Gasteiger partial charge in [-0.3, -0.25) is 18.6 Å². The summed E-state index contributed by atoms with van der Waals surface area (Å²) in [5, 5.41) is 50.3. The number of carbonyl (C=O) groups is 2. The fourth-order valence-electron chi connectivity index (χ4n) is 8.10. The molecule has 1 saturated carbocycles. The van der Waals surface area contributed by atoms with E-state index in [-0.39, 0.29) is 12.8 Å². The molecule has 396 valence electrons. The van der Waals surface area contributed by atoms with E-state index in [0.29, 0.717) is 12.8 Å². The first-order chi connectivity index (χ1) is 32.9. The molecule has 1 fully saturated rings. The average molecular weight is 985 g/mol. The minimum Gasteiger partial charge on any atom is -0.462 e. The van der Waals surface area contributed by atoms with Crippen LogP contribution in [0.25, 0.3) is 0 Å². The van der Waals surface area contributed by atoms with Crippen molar-refractivity contribution >= 4 is 19.8 Å². The van der Waals surface area contributed by atoms with Crippen LogP contribution in [-0.4, -0.2) is 98.3 Å². The van der Waals surface area contributed by atoms with Gasteiger partial charge in [0.05, 0.1) is 6.61 Å². The van der Waals surface area contributed by atoms with Gasteiger partial charge in [0.2, 0.25) is 0 Å². The van der Waals surface area contributed by atoms with Crippen molar-refractivity contribution in [1.29, 1.82) is 0 Å². The van der Waals surface area contributed by atoms with E-state index in [2.05, 4.69) is 62.5 Å². The highest BCUT2D eigenvalue weighted by molar-refractivity contribution is 7.47. The normalized spacial score (nSPS) is 21.4. The first-order valence-electron chi connectivity index (χ1n) is 26.9. The summed E-state index contributed by atoms with van der Waals surface area (Å²) in [6.07, 6.45) is 40.2. The number of unbranched alkanes of at least 4 members (excludes halogenated alkanes) is 25. The van der Waals surface area contributed by atoms with Crippen molar-refractivity contribution in [3.63, 3.8) is 0 Å². The predicted octanol–water partition coefficient (Wildman–Crippen LogP) is 11.9. The average Bonchev–Trinajstić information content (AvgIpc) is 3.32. The first-order valence-corrected chi connectivity index (χ1v) is 28.4. The molecule has 0 amide bonds. The van der Waals surface area contributed by atoms with E-state index in [1.54, 1.807) is 0 Å². The van der Waals surface area contributed by atoms with E-state index in [9.17, 15) is 44.6 Å². The van der Waals surface area contributed by atoms with Crippen molar-refractivity contribution in [3.8, 4) is 0 Å².